The number of imide groups is 1. The first-order valence-corrected chi connectivity index (χ1v) is 11.6. The molecule has 2 heterocycles. The van der Waals surface area contributed by atoms with Crippen LogP contribution in [-0.2, 0) is 16.3 Å². The highest BCUT2D eigenvalue weighted by Crippen LogP contribution is 2.48. The van der Waals surface area contributed by atoms with Crippen molar-refractivity contribution in [2.45, 2.75) is 44.2 Å². The van der Waals surface area contributed by atoms with Gasteiger partial charge in [0.1, 0.15) is 5.75 Å². The molecule has 1 aromatic heterocycles. The Balaban J connectivity index is 1.49. The van der Waals surface area contributed by atoms with Gasteiger partial charge in [0, 0.05) is 18.5 Å². The van der Waals surface area contributed by atoms with Gasteiger partial charge in [-0.2, -0.15) is 19.5 Å². The number of fused-ring (bicyclic) bond motifs is 1. The highest BCUT2D eigenvalue weighted by molar-refractivity contribution is 6.37. The van der Waals surface area contributed by atoms with E-state index < -0.39 is 29.4 Å². The molecule has 9 nitrogen and oxygen atoms in total. The van der Waals surface area contributed by atoms with Gasteiger partial charge in [-0.05, 0) is 44.0 Å². The van der Waals surface area contributed by atoms with E-state index in [4.69, 9.17) is 33.2 Å². The number of anilines is 1. The van der Waals surface area contributed by atoms with Crippen LogP contribution in [0.5, 0.6) is 11.5 Å². The van der Waals surface area contributed by atoms with Crippen LogP contribution in [0, 0.1) is 11.3 Å². The highest BCUT2D eigenvalue weighted by Gasteiger charge is 2.46. The molecular weight excluding hydrogens is 517 g/mol. The third-order valence-electron chi connectivity index (χ3n) is 6.08. The van der Waals surface area contributed by atoms with Gasteiger partial charge >= 0.3 is 12.0 Å². The minimum atomic E-state index is -3.13. The Hall–Kier alpha value is -3.46. The van der Waals surface area contributed by atoms with Gasteiger partial charge < -0.3 is 9.30 Å². The van der Waals surface area contributed by atoms with Crippen LogP contribution >= 0.6 is 23.2 Å². The first-order chi connectivity index (χ1) is 16.9. The number of urea groups is 1. The number of imidazole rings is 1. The predicted octanol–water partition coefficient (Wildman–Crippen LogP) is 5.21. The number of carbonyl (C=O) groups excluding carboxylic acids is 2. The van der Waals surface area contributed by atoms with Crippen molar-refractivity contribution in [3.05, 3.63) is 46.2 Å². The average Bonchev–Trinajstić information content (AvgIpc) is 3.40. The van der Waals surface area contributed by atoms with E-state index in [0.717, 1.165) is 24.8 Å². The highest BCUT2D eigenvalue weighted by atomic mass is 35.5. The molecule has 1 unspecified atom stereocenters. The van der Waals surface area contributed by atoms with E-state index >= 15 is 0 Å². The maximum atomic E-state index is 14.3. The first-order valence-electron chi connectivity index (χ1n) is 10.8. The summed E-state index contributed by atoms with van der Waals surface area (Å²) >= 11 is 12.8. The molecule has 186 valence electrons. The molecule has 2 aromatic carbocycles. The van der Waals surface area contributed by atoms with Crippen LogP contribution in [0.1, 0.15) is 32.5 Å². The number of hydrogen-bond acceptors (Lipinski definition) is 6. The molecule has 5 rings (SSSR count). The van der Waals surface area contributed by atoms with E-state index in [1.807, 2.05) is 6.92 Å². The zero-order chi connectivity index (χ0) is 26.0. The lowest BCUT2D eigenvalue weighted by molar-refractivity contribution is -0.121. The van der Waals surface area contributed by atoms with Crippen molar-refractivity contribution in [2.75, 3.05) is 5.01 Å². The van der Waals surface area contributed by atoms with Crippen LogP contribution < -0.4 is 20.5 Å². The maximum absolute atomic E-state index is 14.3. The van der Waals surface area contributed by atoms with Gasteiger partial charge in [0.05, 0.1) is 32.8 Å². The van der Waals surface area contributed by atoms with Gasteiger partial charge in [-0.1, -0.05) is 23.2 Å². The number of carbonyl (C=O) groups is 2. The normalized spacial score (nSPS) is 19.2. The summed E-state index contributed by atoms with van der Waals surface area (Å²) in [6.07, 6.45) is 1.50. The SMILES string of the molecule is CC(F)(F)c1nc2ccc(Oc3c(Cl)cc(N4NC(C#N)C(=O)NC4=O)cc3Cl)cc2n1C1(C)CC1. The Morgan fingerprint density at radius 3 is 2.47 bits per heavy atom. The minimum absolute atomic E-state index is 0.0287. The second kappa shape index (κ2) is 8.30. The standard InChI is InChI=1S/C23H18Cl2F2N6O3/c1-22(5-6-22)32-17-9-12(3-4-15(17)29-20(32)23(2,26)27)36-18-13(24)7-11(8-14(18)25)33-21(35)30-19(34)16(10-28)31-33/h3-4,7-9,16,31H,5-6H2,1-2H3,(H,30,34,35). The van der Waals surface area contributed by atoms with E-state index in [0.29, 0.717) is 16.8 Å². The van der Waals surface area contributed by atoms with Crippen LogP contribution in [-0.4, -0.2) is 27.5 Å². The molecule has 1 atom stereocenters. The molecule has 3 aromatic rings. The van der Waals surface area contributed by atoms with Gasteiger partial charge in [-0.15, -0.1) is 0 Å². The number of halogens is 4. The fourth-order valence-corrected chi connectivity index (χ4v) is 4.57. The van der Waals surface area contributed by atoms with E-state index in [9.17, 15) is 18.4 Å². The molecule has 2 fully saturated rings. The number of hydrogen-bond donors (Lipinski definition) is 2. The number of nitrogens with one attached hydrogen (secondary N) is 2. The summed E-state index contributed by atoms with van der Waals surface area (Å²) in [5.74, 6) is -3.86. The summed E-state index contributed by atoms with van der Waals surface area (Å²) in [4.78, 5) is 28.1. The molecular formula is C23H18Cl2F2N6O3. The van der Waals surface area contributed by atoms with Crippen LogP contribution in [0.4, 0.5) is 19.3 Å². The van der Waals surface area contributed by atoms with Gasteiger partial charge in [0.2, 0.25) is 0 Å². The zero-order valence-corrected chi connectivity index (χ0v) is 20.4. The van der Waals surface area contributed by atoms with Crippen molar-refractivity contribution >= 4 is 51.9 Å². The van der Waals surface area contributed by atoms with Gasteiger partial charge in [-0.3, -0.25) is 10.1 Å². The van der Waals surface area contributed by atoms with Crippen molar-refractivity contribution in [1.29, 1.82) is 5.26 Å². The van der Waals surface area contributed by atoms with Crippen LogP contribution in [0.25, 0.3) is 11.0 Å². The number of aromatic nitrogens is 2. The van der Waals surface area contributed by atoms with Gasteiger partial charge in [-0.25, -0.2) is 14.8 Å². The maximum Gasteiger partial charge on any atom is 0.343 e. The molecule has 1 saturated heterocycles. The quantitative estimate of drug-likeness (QED) is 0.464. The van der Waals surface area contributed by atoms with Crippen LogP contribution in [0.3, 0.4) is 0 Å². The Labute approximate surface area is 213 Å². The minimum Gasteiger partial charge on any atom is -0.454 e. The lowest BCUT2D eigenvalue weighted by Crippen LogP contribution is -2.64. The van der Waals surface area contributed by atoms with Gasteiger partial charge in [0.15, 0.2) is 17.6 Å². The van der Waals surface area contributed by atoms with Crippen LogP contribution in [0.2, 0.25) is 10.0 Å². The Morgan fingerprint density at radius 2 is 1.89 bits per heavy atom. The summed E-state index contributed by atoms with van der Waals surface area (Å²) in [6, 6.07) is 7.10. The fourth-order valence-electron chi connectivity index (χ4n) is 4.01. The number of amides is 3. The number of hydrazine groups is 1. The number of nitrogens with zero attached hydrogens (tertiary/aromatic N) is 4. The summed E-state index contributed by atoms with van der Waals surface area (Å²) in [6.45, 7) is 2.72. The lowest BCUT2D eigenvalue weighted by atomic mass is 10.2. The molecule has 0 spiro atoms. The molecule has 2 aliphatic rings. The predicted molar refractivity (Wildman–Crippen MR) is 127 cm³/mol. The number of benzene rings is 2. The lowest BCUT2D eigenvalue weighted by Gasteiger charge is -2.30. The third kappa shape index (κ3) is 4.11. The first kappa shape index (κ1) is 24.2. The Kier molecular flexibility index (Phi) is 5.59. The summed E-state index contributed by atoms with van der Waals surface area (Å²) in [7, 11) is 0. The van der Waals surface area contributed by atoms with Crippen LogP contribution in [0.15, 0.2) is 30.3 Å². The van der Waals surface area contributed by atoms with E-state index in [1.165, 1.54) is 12.1 Å². The molecule has 3 amide bonds. The molecule has 1 aliphatic carbocycles. The molecule has 0 radical (unpaired) electrons. The number of alkyl halides is 2. The topological polar surface area (TPSA) is 112 Å². The Morgan fingerprint density at radius 1 is 1.22 bits per heavy atom. The second-order valence-corrected chi connectivity index (χ2v) is 9.78. The molecule has 13 heteroatoms. The molecule has 36 heavy (non-hydrogen) atoms. The molecule has 1 saturated carbocycles. The third-order valence-corrected chi connectivity index (χ3v) is 6.64. The van der Waals surface area contributed by atoms with Crippen molar-refractivity contribution in [2.24, 2.45) is 0 Å². The molecule has 2 N–H and O–H groups in total. The Bertz CT molecular complexity index is 1450. The van der Waals surface area contributed by atoms with E-state index in [2.05, 4.69) is 15.7 Å². The summed E-state index contributed by atoms with van der Waals surface area (Å²) < 4.78 is 36.1. The van der Waals surface area contributed by atoms with Crippen molar-refractivity contribution in [3.8, 4) is 17.6 Å². The monoisotopic (exact) mass is 534 g/mol. The summed E-state index contributed by atoms with van der Waals surface area (Å²) in [5.41, 5.74) is 3.09. The second-order valence-electron chi connectivity index (χ2n) is 8.97. The van der Waals surface area contributed by atoms with Crippen molar-refractivity contribution in [1.82, 2.24) is 20.3 Å². The van der Waals surface area contributed by atoms with Crippen molar-refractivity contribution in [3.63, 3.8) is 0 Å². The smallest absolute Gasteiger partial charge is 0.343 e. The average molecular weight is 535 g/mol. The van der Waals surface area contributed by atoms with Crippen molar-refractivity contribution < 1.29 is 23.1 Å². The van der Waals surface area contributed by atoms with E-state index in [1.54, 1.807) is 28.8 Å². The van der Waals surface area contributed by atoms with E-state index in [-0.39, 0.29) is 27.3 Å². The summed E-state index contributed by atoms with van der Waals surface area (Å²) in [5, 5.41) is 12.1. The fraction of sp³-hybridized carbons (Fsp3) is 0.304. The molecule has 1 aliphatic heterocycles. The number of nitriles is 1. The largest absolute Gasteiger partial charge is 0.454 e. The van der Waals surface area contributed by atoms with Gasteiger partial charge in [0.25, 0.3) is 5.91 Å². The number of ether oxygens (including phenoxy) is 1. The zero-order valence-electron chi connectivity index (χ0n) is 18.9. The number of rotatable bonds is 5. The molecule has 0 bridgehead atoms.